The van der Waals surface area contributed by atoms with E-state index in [1.54, 1.807) is 0 Å². The van der Waals surface area contributed by atoms with Gasteiger partial charge in [-0.3, -0.25) is 4.98 Å². The van der Waals surface area contributed by atoms with Crippen molar-refractivity contribution in [2.75, 3.05) is 0 Å². The van der Waals surface area contributed by atoms with E-state index < -0.39 is 0 Å². The summed E-state index contributed by atoms with van der Waals surface area (Å²) in [5, 5.41) is 4.86. The van der Waals surface area contributed by atoms with Crippen LogP contribution in [-0.2, 0) is 0 Å². The van der Waals surface area contributed by atoms with Crippen molar-refractivity contribution in [3.05, 3.63) is 133 Å². The lowest BCUT2D eigenvalue weighted by atomic mass is 9.94. The standard InChI is InChI=1S/C36H26N2/c1-23-24(2)31-18-19-34(38-36(31)35-30(23)17-8-20-37-35)29-14-6-12-27(22-29)26-11-5-13-28(21-26)33-16-7-10-25-9-3-4-15-32(25)33/h3-22H,1-2H3. The van der Waals surface area contributed by atoms with Crippen molar-refractivity contribution in [3.63, 3.8) is 0 Å². The molecule has 7 aromatic rings. The zero-order valence-corrected chi connectivity index (χ0v) is 21.4. The molecular weight excluding hydrogens is 460 g/mol. The van der Waals surface area contributed by atoms with Crippen LogP contribution in [0, 0.1) is 13.8 Å². The van der Waals surface area contributed by atoms with Crippen molar-refractivity contribution >= 4 is 32.6 Å². The Morgan fingerprint density at radius 2 is 1.11 bits per heavy atom. The molecule has 5 aromatic carbocycles. The molecule has 0 bridgehead atoms. The summed E-state index contributed by atoms with van der Waals surface area (Å²) in [6.45, 7) is 4.34. The first-order valence-corrected chi connectivity index (χ1v) is 13.0. The van der Waals surface area contributed by atoms with E-state index in [1.165, 1.54) is 49.5 Å². The van der Waals surface area contributed by atoms with Crippen LogP contribution in [0.15, 0.2) is 121 Å². The van der Waals surface area contributed by atoms with Crippen LogP contribution in [0.2, 0.25) is 0 Å². The van der Waals surface area contributed by atoms with E-state index in [2.05, 4.69) is 123 Å². The summed E-state index contributed by atoms with van der Waals surface area (Å²) in [6.07, 6.45) is 1.86. The molecule has 0 atom stereocenters. The zero-order chi connectivity index (χ0) is 25.6. The van der Waals surface area contributed by atoms with E-state index in [0.29, 0.717) is 0 Å². The smallest absolute Gasteiger partial charge is 0.0974 e. The number of aryl methyl sites for hydroxylation is 2. The van der Waals surface area contributed by atoms with Gasteiger partial charge in [-0.1, -0.05) is 91.0 Å². The number of hydrogen-bond acceptors (Lipinski definition) is 2. The number of aromatic nitrogens is 2. The minimum absolute atomic E-state index is 0.958. The Labute approximate surface area is 222 Å². The van der Waals surface area contributed by atoms with Crippen molar-refractivity contribution < 1.29 is 0 Å². The molecule has 0 spiro atoms. The summed E-state index contributed by atoms with van der Waals surface area (Å²) in [7, 11) is 0. The Balaban J connectivity index is 1.34. The van der Waals surface area contributed by atoms with Crippen molar-refractivity contribution in [1.29, 1.82) is 0 Å². The van der Waals surface area contributed by atoms with Gasteiger partial charge in [-0.05, 0) is 82.3 Å². The third kappa shape index (κ3) is 3.65. The average Bonchev–Trinajstić information content (AvgIpc) is 2.99. The van der Waals surface area contributed by atoms with Crippen LogP contribution in [0.3, 0.4) is 0 Å². The van der Waals surface area contributed by atoms with Crippen LogP contribution in [0.5, 0.6) is 0 Å². The Morgan fingerprint density at radius 1 is 0.474 bits per heavy atom. The number of rotatable bonds is 3. The second kappa shape index (κ2) is 8.93. The van der Waals surface area contributed by atoms with Crippen molar-refractivity contribution in [2.45, 2.75) is 13.8 Å². The molecule has 0 aliphatic rings. The van der Waals surface area contributed by atoms with E-state index in [1.807, 2.05) is 12.3 Å². The molecule has 2 nitrogen and oxygen atoms in total. The van der Waals surface area contributed by atoms with Gasteiger partial charge in [0.15, 0.2) is 0 Å². The molecule has 0 saturated heterocycles. The topological polar surface area (TPSA) is 25.8 Å². The first-order chi connectivity index (χ1) is 18.7. The first kappa shape index (κ1) is 22.4. The quantitative estimate of drug-likeness (QED) is 0.232. The molecular formula is C36H26N2. The Morgan fingerprint density at radius 3 is 1.95 bits per heavy atom. The minimum atomic E-state index is 0.958. The van der Waals surface area contributed by atoms with Gasteiger partial charge in [0.25, 0.3) is 0 Å². The van der Waals surface area contributed by atoms with Gasteiger partial charge in [0.05, 0.1) is 16.7 Å². The van der Waals surface area contributed by atoms with Gasteiger partial charge in [-0.15, -0.1) is 0 Å². The maximum atomic E-state index is 5.15. The highest BCUT2D eigenvalue weighted by Crippen LogP contribution is 2.34. The second-order valence-corrected chi connectivity index (χ2v) is 9.93. The fraction of sp³-hybridized carbons (Fsp3) is 0.0556. The second-order valence-electron chi connectivity index (χ2n) is 9.93. The molecule has 38 heavy (non-hydrogen) atoms. The lowest BCUT2D eigenvalue weighted by molar-refractivity contribution is 1.33. The van der Waals surface area contributed by atoms with E-state index in [0.717, 1.165) is 27.7 Å². The predicted octanol–water partition coefficient (Wildman–Crippen LogP) is 9.55. The molecule has 0 unspecified atom stereocenters. The molecule has 0 amide bonds. The molecule has 7 rings (SSSR count). The van der Waals surface area contributed by atoms with Gasteiger partial charge in [-0.2, -0.15) is 0 Å². The first-order valence-electron chi connectivity index (χ1n) is 13.0. The van der Waals surface area contributed by atoms with Crippen molar-refractivity contribution in [2.24, 2.45) is 0 Å². The van der Waals surface area contributed by atoms with Crippen LogP contribution >= 0.6 is 0 Å². The predicted molar refractivity (Wildman–Crippen MR) is 160 cm³/mol. The van der Waals surface area contributed by atoms with E-state index >= 15 is 0 Å². The van der Waals surface area contributed by atoms with Gasteiger partial charge >= 0.3 is 0 Å². The SMILES string of the molecule is Cc1c(C)c2ccc(-c3cccc(-c4cccc(-c5cccc6ccccc56)c4)c3)nc2c2ncccc12. The van der Waals surface area contributed by atoms with Crippen LogP contribution in [-0.4, -0.2) is 9.97 Å². The molecule has 2 heteroatoms. The van der Waals surface area contributed by atoms with Crippen LogP contribution < -0.4 is 0 Å². The molecule has 0 radical (unpaired) electrons. The highest BCUT2D eigenvalue weighted by atomic mass is 14.8. The van der Waals surface area contributed by atoms with Gasteiger partial charge < -0.3 is 0 Å². The summed E-state index contributed by atoms with van der Waals surface area (Å²) in [5.74, 6) is 0. The molecule has 2 heterocycles. The molecule has 0 aliphatic heterocycles. The highest BCUT2D eigenvalue weighted by Gasteiger charge is 2.13. The molecule has 2 aromatic heterocycles. The lowest BCUT2D eigenvalue weighted by Crippen LogP contribution is -1.94. The third-order valence-corrected chi connectivity index (χ3v) is 7.75. The minimum Gasteiger partial charge on any atom is -0.254 e. The van der Waals surface area contributed by atoms with Gasteiger partial charge in [-0.25, -0.2) is 4.98 Å². The Hall–Kier alpha value is -4.82. The summed E-state index contributed by atoms with van der Waals surface area (Å²) in [6, 6.07) is 41.1. The van der Waals surface area contributed by atoms with Gasteiger partial charge in [0.2, 0.25) is 0 Å². The van der Waals surface area contributed by atoms with Crippen LogP contribution in [0.4, 0.5) is 0 Å². The van der Waals surface area contributed by atoms with Crippen molar-refractivity contribution in [3.8, 4) is 33.5 Å². The summed E-state index contributed by atoms with van der Waals surface area (Å²) >= 11 is 0. The van der Waals surface area contributed by atoms with E-state index in [9.17, 15) is 0 Å². The molecule has 0 fully saturated rings. The Kier molecular flexibility index (Phi) is 5.26. The van der Waals surface area contributed by atoms with Crippen LogP contribution in [0.25, 0.3) is 66.1 Å². The molecule has 0 aliphatic carbocycles. The summed E-state index contributed by atoms with van der Waals surface area (Å²) < 4.78 is 0. The monoisotopic (exact) mass is 486 g/mol. The molecule has 0 saturated carbocycles. The molecule has 180 valence electrons. The maximum Gasteiger partial charge on any atom is 0.0974 e. The van der Waals surface area contributed by atoms with Crippen molar-refractivity contribution in [1.82, 2.24) is 9.97 Å². The lowest BCUT2D eigenvalue weighted by Gasteiger charge is -2.13. The number of hydrogen-bond donors (Lipinski definition) is 0. The average molecular weight is 487 g/mol. The number of nitrogens with zero attached hydrogens (tertiary/aromatic N) is 2. The van der Waals surface area contributed by atoms with Gasteiger partial charge in [0, 0.05) is 22.5 Å². The zero-order valence-electron chi connectivity index (χ0n) is 21.4. The fourth-order valence-corrected chi connectivity index (χ4v) is 5.61. The van der Waals surface area contributed by atoms with Crippen LogP contribution in [0.1, 0.15) is 11.1 Å². The fourth-order valence-electron chi connectivity index (χ4n) is 5.61. The molecule has 0 N–H and O–H groups in total. The third-order valence-electron chi connectivity index (χ3n) is 7.75. The highest BCUT2D eigenvalue weighted by molar-refractivity contribution is 6.07. The van der Waals surface area contributed by atoms with E-state index in [-0.39, 0.29) is 0 Å². The maximum absolute atomic E-state index is 5.15. The normalized spacial score (nSPS) is 11.4. The van der Waals surface area contributed by atoms with E-state index in [4.69, 9.17) is 9.97 Å². The summed E-state index contributed by atoms with van der Waals surface area (Å²) in [4.78, 5) is 9.86. The summed E-state index contributed by atoms with van der Waals surface area (Å²) in [5.41, 5.74) is 11.4. The number of fused-ring (bicyclic) bond motifs is 4. The Bertz CT molecular complexity index is 2000. The van der Waals surface area contributed by atoms with Gasteiger partial charge in [0.1, 0.15) is 0 Å². The number of benzene rings is 5. The number of pyridine rings is 2. The largest absolute Gasteiger partial charge is 0.254 e.